The van der Waals surface area contributed by atoms with Gasteiger partial charge in [0.25, 0.3) is 0 Å². The topological polar surface area (TPSA) is 157 Å². The molecule has 44 heavy (non-hydrogen) atoms. The van der Waals surface area contributed by atoms with Crippen molar-refractivity contribution in [2.24, 2.45) is 23.2 Å². The lowest BCUT2D eigenvalue weighted by molar-refractivity contribution is -0.627. The highest BCUT2D eigenvalue weighted by molar-refractivity contribution is 6.47. The summed E-state index contributed by atoms with van der Waals surface area (Å²) in [4.78, 5) is 37.6. The SMILES string of the molecule is CCCCCCCCCC(=O)N[C@@H](CCCNC1NN1[N+](=O)[O-])C(=O)N[C@@H](CC(C)C)B1O[C@@H]2C[C@@H]3C[C@@H](C3(C)C)[C@]2(C)O1. The van der Waals surface area contributed by atoms with Crippen molar-refractivity contribution in [3.05, 3.63) is 10.1 Å². The summed E-state index contributed by atoms with van der Waals surface area (Å²) in [5, 5.41) is 20.5. The van der Waals surface area contributed by atoms with E-state index in [-0.39, 0.29) is 34.9 Å². The molecule has 2 bridgehead atoms. The van der Waals surface area contributed by atoms with E-state index in [1.165, 1.54) is 25.7 Å². The van der Waals surface area contributed by atoms with Crippen LogP contribution in [0.5, 0.6) is 0 Å². The summed E-state index contributed by atoms with van der Waals surface area (Å²) >= 11 is 0. The molecule has 0 aromatic rings. The molecule has 0 aromatic heterocycles. The van der Waals surface area contributed by atoms with Crippen LogP contribution in [0.25, 0.3) is 0 Å². The molecule has 1 unspecified atom stereocenters. The number of unbranched alkanes of at least 4 members (excludes halogenated alkanes) is 6. The molecule has 13 heteroatoms. The van der Waals surface area contributed by atoms with Crippen molar-refractivity contribution in [3.63, 3.8) is 0 Å². The van der Waals surface area contributed by atoms with Crippen LogP contribution in [0.15, 0.2) is 0 Å². The van der Waals surface area contributed by atoms with Crippen molar-refractivity contribution in [1.82, 2.24) is 26.5 Å². The molecule has 2 aliphatic heterocycles. The van der Waals surface area contributed by atoms with E-state index in [0.29, 0.717) is 50.0 Å². The Morgan fingerprint density at radius 1 is 1.07 bits per heavy atom. The molecule has 250 valence electrons. The number of nitrogens with one attached hydrogen (secondary N) is 4. The van der Waals surface area contributed by atoms with Gasteiger partial charge in [-0.25, -0.2) is 10.1 Å². The first kappa shape index (κ1) is 34.9. The molecule has 7 atom stereocenters. The number of carbonyl (C=O) groups excluding carboxylic acids is 2. The number of hydrogen-bond acceptors (Lipinski definition) is 8. The Hall–Kier alpha value is -1.96. The van der Waals surface area contributed by atoms with E-state index in [2.05, 4.69) is 62.9 Å². The van der Waals surface area contributed by atoms with Crippen LogP contribution in [-0.4, -0.2) is 65.6 Å². The average molecular weight is 621 g/mol. The third kappa shape index (κ3) is 8.44. The van der Waals surface area contributed by atoms with Gasteiger partial charge in [-0.1, -0.05) is 73.1 Å². The van der Waals surface area contributed by atoms with E-state index >= 15 is 0 Å². The van der Waals surface area contributed by atoms with Crippen LogP contribution in [0.3, 0.4) is 0 Å². The summed E-state index contributed by atoms with van der Waals surface area (Å²) in [5.74, 6) is 0.672. The molecule has 5 fully saturated rings. The van der Waals surface area contributed by atoms with Gasteiger partial charge >= 0.3 is 7.12 Å². The molecule has 3 saturated carbocycles. The number of nitrogens with zero attached hydrogens (tertiary/aromatic N) is 2. The summed E-state index contributed by atoms with van der Waals surface area (Å²) in [6.45, 7) is 13.8. The first-order chi connectivity index (χ1) is 20.9. The number of nitro groups is 1. The zero-order valence-corrected chi connectivity index (χ0v) is 27.9. The minimum Gasteiger partial charge on any atom is -0.404 e. The Kier molecular flexibility index (Phi) is 12.0. The van der Waals surface area contributed by atoms with Crippen LogP contribution >= 0.6 is 0 Å². The van der Waals surface area contributed by atoms with Crippen molar-refractivity contribution in [2.45, 2.75) is 155 Å². The second-order valence-electron chi connectivity index (χ2n) is 14.8. The molecule has 3 aliphatic carbocycles. The fraction of sp³-hybridized carbons (Fsp3) is 0.935. The summed E-state index contributed by atoms with van der Waals surface area (Å²) in [6.07, 6.45) is 11.5. The molecule has 12 nitrogen and oxygen atoms in total. The maximum atomic E-state index is 13.8. The van der Waals surface area contributed by atoms with Crippen LogP contribution in [0.1, 0.15) is 125 Å². The summed E-state index contributed by atoms with van der Waals surface area (Å²) in [7, 11) is -0.536. The van der Waals surface area contributed by atoms with Gasteiger partial charge < -0.3 is 19.9 Å². The Balaban J connectivity index is 1.33. The summed E-state index contributed by atoms with van der Waals surface area (Å²) < 4.78 is 13.3. The van der Waals surface area contributed by atoms with Gasteiger partial charge in [0.05, 0.1) is 17.6 Å². The Morgan fingerprint density at radius 2 is 1.77 bits per heavy atom. The normalized spacial score (nSPS) is 29.5. The number of carbonyl (C=O) groups is 2. The molecular weight excluding hydrogens is 563 g/mol. The second-order valence-corrected chi connectivity index (χ2v) is 14.8. The summed E-state index contributed by atoms with van der Waals surface area (Å²) in [6, 6.07) is -0.715. The minimum atomic E-state index is -0.715. The number of hydrogen-bond donors (Lipinski definition) is 4. The predicted octanol–water partition coefficient (Wildman–Crippen LogP) is 4.08. The van der Waals surface area contributed by atoms with Crippen molar-refractivity contribution >= 4 is 18.9 Å². The highest BCUT2D eigenvalue weighted by Crippen LogP contribution is 2.65. The third-order valence-electron chi connectivity index (χ3n) is 10.6. The highest BCUT2D eigenvalue weighted by atomic mass is 16.7. The standard InChI is InChI=1S/C31H57BN6O6/c1-7-8-9-10-11-12-13-16-27(39)34-23(15-14-17-33-29-36-37(29)38(41)42)28(40)35-26(18-21(2)3)32-43-25-20-22-19-24(30(22,4)5)31(25,6)44-32/h21-26,29,33,36H,7-20H2,1-6H3,(H,34,39)(H,35,40)/t22-,23-,24-,25+,26-,29?,31-,37?/m0/s1. The van der Waals surface area contributed by atoms with E-state index in [4.69, 9.17) is 9.31 Å². The molecular formula is C31H57BN6O6. The van der Waals surface area contributed by atoms with E-state index < -0.39 is 24.5 Å². The molecule has 0 spiro atoms. The number of hydrazine groups is 2. The molecule has 4 N–H and O–H groups in total. The van der Waals surface area contributed by atoms with E-state index in [1.54, 1.807) is 0 Å². The summed E-state index contributed by atoms with van der Waals surface area (Å²) in [5.41, 5.74) is 2.47. The zero-order valence-electron chi connectivity index (χ0n) is 27.9. The second kappa shape index (κ2) is 15.1. The lowest BCUT2D eigenvalue weighted by Gasteiger charge is -2.64. The fourth-order valence-electron chi connectivity index (χ4n) is 7.79. The molecule has 5 aliphatic rings. The first-order valence-electron chi connectivity index (χ1n) is 17.2. The predicted molar refractivity (Wildman–Crippen MR) is 169 cm³/mol. The van der Waals surface area contributed by atoms with Crippen LogP contribution in [0.2, 0.25) is 0 Å². The molecule has 0 radical (unpaired) electrons. The average Bonchev–Trinajstić information content (AvgIpc) is 3.65. The van der Waals surface area contributed by atoms with Gasteiger partial charge in [0.1, 0.15) is 6.04 Å². The van der Waals surface area contributed by atoms with Crippen molar-refractivity contribution < 1.29 is 23.9 Å². The molecule has 2 heterocycles. The monoisotopic (exact) mass is 620 g/mol. The minimum absolute atomic E-state index is 0.0224. The van der Waals surface area contributed by atoms with Gasteiger partial charge in [-0.2, -0.15) is 0 Å². The van der Waals surface area contributed by atoms with E-state index in [1.807, 2.05) is 0 Å². The van der Waals surface area contributed by atoms with Crippen LogP contribution in [-0.2, 0) is 18.9 Å². The van der Waals surface area contributed by atoms with Crippen LogP contribution in [0.4, 0.5) is 0 Å². The van der Waals surface area contributed by atoms with Gasteiger partial charge in [0.2, 0.25) is 18.1 Å². The van der Waals surface area contributed by atoms with Gasteiger partial charge in [0, 0.05) is 6.42 Å². The van der Waals surface area contributed by atoms with E-state index in [0.717, 1.165) is 37.2 Å². The Bertz CT molecular complexity index is 1000. The third-order valence-corrected chi connectivity index (χ3v) is 10.6. The largest absolute Gasteiger partial charge is 0.481 e. The number of amides is 2. The van der Waals surface area contributed by atoms with Gasteiger partial charge in [-0.15, -0.1) is 5.43 Å². The van der Waals surface area contributed by atoms with Gasteiger partial charge in [-0.05, 0) is 80.3 Å². The van der Waals surface area contributed by atoms with Gasteiger partial charge in [0.15, 0.2) is 5.03 Å². The van der Waals surface area contributed by atoms with Crippen LogP contribution < -0.4 is 21.4 Å². The molecule has 5 rings (SSSR count). The van der Waals surface area contributed by atoms with Crippen LogP contribution in [0, 0.1) is 33.3 Å². The zero-order chi connectivity index (χ0) is 32.1. The van der Waals surface area contributed by atoms with Crippen molar-refractivity contribution in [3.8, 4) is 0 Å². The smallest absolute Gasteiger partial charge is 0.404 e. The van der Waals surface area contributed by atoms with Gasteiger partial charge in [-0.3, -0.25) is 14.9 Å². The lowest BCUT2D eigenvalue weighted by Crippen LogP contribution is -2.65. The molecule has 2 saturated heterocycles. The first-order valence-corrected chi connectivity index (χ1v) is 17.2. The number of rotatable bonds is 20. The Morgan fingerprint density at radius 3 is 2.41 bits per heavy atom. The van der Waals surface area contributed by atoms with Crippen molar-refractivity contribution in [1.29, 1.82) is 0 Å². The lowest BCUT2D eigenvalue weighted by atomic mass is 9.43. The Labute approximate surface area is 264 Å². The maximum absolute atomic E-state index is 13.8. The molecule has 0 aromatic carbocycles. The van der Waals surface area contributed by atoms with E-state index in [9.17, 15) is 19.7 Å². The maximum Gasteiger partial charge on any atom is 0.481 e. The quantitative estimate of drug-likeness (QED) is 0.0518. The molecule has 2 amide bonds. The van der Waals surface area contributed by atoms with Crippen molar-refractivity contribution in [2.75, 3.05) is 6.54 Å². The fourth-order valence-corrected chi connectivity index (χ4v) is 7.79. The highest BCUT2D eigenvalue weighted by Gasteiger charge is 2.68.